The van der Waals surface area contributed by atoms with E-state index in [1.165, 1.54) is 0 Å². The van der Waals surface area contributed by atoms with Gasteiger partial charge in [-0.2, -0.15) is 0 Å². The summed E-state index contributed by atoms with van der Waals surface area (Å²) in [4.78, 5) is 23.9. The van der Waals surface area contributed by atoms with E-state index in [-0.39, 0.29) is 0 Å². The average molecular weight is 346 g/mol. The molecule has 0 radical (unpaired) electrons. The van der Waals surface area contributed by atoms with Crippen LogP contribution in [0.3, 0.4) is 0 Å². The minimum atomic E-state index is -0.548. The molecule has 0 atom stereocenters. The van der Waals surface area contributed by atoms with E-state index in [1.54, 1.807) is 0 Å². The quantitative estimate of drug-likeness (QED) is 0.295. The SMILES string of the molecule is C=CC(=O)Oc1c2cccc(C)c2c(OC(=O)C=C)c2cccc(C)c12. The first-order valence-electron chi connectivity index (χ1n) is 8.11. The van der Waals surface area contributed by atoms with Crippen LogP contribution in [0.1, 0.15) is 11.1 Å². The molecule has 3 aromatic carbocycles. The van der Waals surface area contributed by atoms with Crippen molar-refractivity contribution >= 4 is 33.5 Å². The molecule has 0 heterocycles. The minimum Gasteiger partial charge on any atom is -0.422 e. The number of benzene rings is 3. The van der Waals surface area contributed by atoms with Crippen molar-refractivity contribution in [2.45, 2.75) is 13.8 Å². The zero-order valence-electron chi connectivity index (χ0n) is 14.7. The maximum atomic E-state index is 11.9. The molecule has 0 saturated carbocycles. The third-order valence-corrected chi connectivity index (χ3v) is 4.23. The number of ether oxygens (including phenoxy) is 2. The first-order valence-corrected chi connectivity index (χ1v) is 8.11. The largest absolute Gasteiger partial charge is 0.422 e. The van der Waals surface area contributed by atoms with Gasteiger partial charge in [-0.1, -0.05) is 49.6 Å². The Morgan fingerprint density at radius 1 is 0.769 bits per heavy atom. The van der Waals surface area contributed by atoms with Gasteiger partial charge in [-0.05, 0) is 25.0 Å². The summed E-state index contributed by atoms with van der Waals surface area (Å²) >= 11 is 0. The highest BCUT2D eigenvalue weighted by molar-refractivity contribution is 6.15. The number of rotatable bonds is 4. The fourth-order valence-corrected chi connectivity index (χ4v) is 3.08. The highest BCUT2D eigenvalue weighted by Crippen LogP contribution is 2.45. The van der Waals surface area contributed by atoms with E-state index in [0.29, 0.717) is 33.0 Å². The van der Waals surface area contributed by atoms with Crippen LogP contribution in [0.2, 0.25) is 0 Å². The molecule has 0 aliphatic heterocycles. The molecule has 0 bridgehead atoms. The summed E-state index contributed by atoms with van der Waals surface area (Å²) in [6.45, 7) is 10.8. The van der Waals surface area contributed by atoms with Crippen LogP contribution in [0.5, 0.6) is 11.5 Å². The number of carbonyl (C=O) groups excluding carboxylic acids is 2. The average Bonchev–Trinajstić information content (AvgIpc) is 2.64. The van der Waals surface area contributed by atoms with Gasteiger partial charge in [0.15, 0.2) is 0 Å². The molecule has 0 aromatic heterocycles. The second-order valence-electron chi connectivity index (χ2n) is 5.90. The number of aryl methyl sites for hydroxylation is 2. The lowest BCUT2D eigenvalue weighted by atomic mass is 9.95. The van der Waals surface area contributed by atoms with Crippen molar-refractivity contribution in [2.75, 3.05) is 0 Å². The lowest BCUT2D eigenvalue weighted by Crippen LogP contribution is -2.08. The van der Waals surface area contributed by atoms with Crippen LogP contribution in [0.25, 0.3) is 21.5 Å². The smallest absolute Gasteiger partial charge is 0.335 e. The van der Waals surface area contributed by atoms with Gasteiger partial charge < -0.3 is 9.47 Å². The van der Waals surface area contributed by atoms with Gasteiger partial charge in [-0.3, -0.25) is 0 Å². The Hall–Kier alpha value is -3.40. The molecule has 3 aromatic rings. The van der Waals surface area contributed by atoms with Crippen molar-refractivity contribution < 1.29 is 19.1 Å². The molecule has 26 heavy (non-hydrogen) atoms. The number of hydrogen-bond acceptors (Lipinski definition) is 4. The van der Waals surface area contributed by atoms with E-state index in [9.17, 15) is 9.59 Å². The van der Waals surface area contributed by atoms with Gasteiger partial charge in [0.25, 0.3) is 0 Å². The number of esters is 2. The van der Waals surface area contributed by atoms with Crippen LogP contribution < -0.4 is 9.47 Å². The zero-order chi connectivity index (χ0) is 18.8. The van der Waals surface area contributed by atoms with E-state index < -0.39 is 11.9 Å². The minimum absolute atomic E-state index is 0.431. The first-order chi connectivity index (χ1) is 12.5. The molecule has 0 fully saturated rings. The highest BCUT2D eigenvalue weighted by Gasteiger charge is 2.21. The Morgan fingerprint density at radius 3 is 1.50 bits per heavy atom. The molecule has 3 rings (SSSR count). The van der Waals surface area contributed by atoms with Gasteiger partial charge in [0, 0.05) is 33.7 Å². The van der Waals surface area contributed by atoms with Gasteiger partial charge in [0.1, 0.15) is 11.5 Å². The number of hydrogen-bond donors (Lipinski definition) is 0. The Balaban J connectivity index is 2.53. The summed E-state index contributed by atoms with van der Waals surface area (Å²) in [5.41, 5.74) is 1.79. The summed E-state index contributed by atoms with van der Waals surface area (Å²) in [6, 6.07) is 11.2. The van der Waals surface area contributed by atoms with Crippen LogP contribution in [0.4, 0.5) is 0 Å². The summed E-state index contributed by atoms with van der Waals surface area (Å²) in [7, 11) is 0. The first kappa shape index (κ1) is 17.4. The highest BCUT2D eigenvalue weighted by atomic mass is 16.5. The monoisotopic (exact) mass is 346 g/mol. The molecular weight excluding hydrogens is 328 g/mol. The molecule has 4 heteroatoms. The van der Waals surface area contributed by atoms with Crippen molar-refractivity contribution in [1.82, 2.24) is 0 Å². The third kappa shape index (κ3) is 2.86. The molecule has 0 unspecified atom stereocenters. The van der Waals surface area contributed by atoms with Gasteiger partial charge >= 0.3 is 11.9 Å². The molecule has 0 amide bonds. The number of carbonyl (C=O) groups is 2. The maximum Gasteiger partial charge on any atom is 0.335 e. The van der Waals surface area contributed by atoms with Crippen LogP contribution in [-0.2, 0) is 9.59 Å². The molecular formula is C22H18O4. The molecule has 0 saturated heterocycles. The van der Waals surface area contributed by atoms with Crippen LogP contribution >= 0.6 is 0 Å². The fraction of sp³-hybridized carbons (Fsp3) is 0.0909. The van der Waals surface area contributed by atoms with Crippen molar-refractivity contribution in [3.63, 3.8) is 0 Å². The van der Waals surface area contributed by atoms with E-state index in [4.69, 9.17) is 9.47 Å². The Morgan fingerprint density at radius 2 is 1.15 bits per heavy atom. The van der Waals surface area contributed by atoms with Gasteiger partial charge in [-0.15, -0.1) is 0 Å². The van der Waals surface area contributed by atoms with Crippen LogP contribution in [-0.4, -0.2) is 11.9 Å². The van der Waals surface area contributed by atoms with Crippen molar-refractivity contribution in [3.05, 3.63) is 72.8 Å². The second kappa shape index (κ2) is 6.84. The van der Waals surface area contributed by atoms with E-state index >= 15 is 0 Å². The Kier molecular flexibility index (Phi) is 4.59. The van der Waals surface area contributed by atoms with E-state index in [1.807, 2.05) is 50.2 Å². The predicted octanol–water partition coefficient (Wildman–Crippen LogP) is 4.79. The lowest BCUT2D eigenvalue weighted by molar-refractivity contribution is -0.129. The Bertz CT molecular complexity index is 989. The summed E-state index contributed by atoms with van der Waals surface area (Å²) in [6.07, 6.45) is 2.24. The Labute approximate surface area is 151 Å². The summed E-state index contributed by atoms with van der Waals surface area (Å²) in [5.74, 6) is -0.235. The van der Waals surface area contributed by atoms with E-state index in [0.717, 1.165) is 23.3 Å². The van der Waals surface area contributed by atoms with Crippen molar-refractivity contribution in [1.29, 1.82) is 0 Å². The molecule has 4 nitrogen and oxygen atoms in total. The molecule has 0 aliphatic carbocycles. The summed E-state index contributed by atoms with van der Waals surface area (Å²) in [5, 5.41) is 2.81. The molecule has 130 valence electrons. The van der Waals surface area contributed by atoms with Crippen molar-refractivity contribution in [3.8, 4) is 11.5 Å². The third-order valence-electron chi connectivity index (χ3n) is 4.23. The standard InChI is InChI=1S/C22H18O4/c1-5-17(23)25-21-15-11-7-10-14(4)20(15)22(26-18(24)6-2)16-12-8-9-13(3)19(16)21/h5-12H,1-2H2,3-4H3. The van der Waals surface area contributed by atoms with Gasteiger partial charge in [0.2, 0.25) is 0 Å². The lowest BCUT2D eigenvalue weighted by Gasteiger charge is -2.18. The second-order valence-corrected chi connectivity index (χ2v) is 5.90. The fourth-order valence-electron chi connectivity index (χ4n) is 3.08. The van der Waals surface area contributed by atoms with Crippen LogP contribution in [0.15, 0.2) is 61.7 Å². The molecule has 0 N–H and O–H groups in total. The predicted molar refractivity (Wildman–Crippen MR) is 103 cm³/mol. The normalized spacial score (nSPS) is 10.5. The van der Waals surface area contributed by atoms with E-state index in [2.05, 4.69) is 13.2 Å². The molecule has 0 spiro atoms. The number of fused-ring (bicyclic) bond motifs is 2. The zero-order valence-corrected chi connectivity index (χ0v) is 14.7. The van der Waals surface area contributed by atoms with Crippen LogP contribution in [0, 0.1) is 13.8 Å². The summed E-state index contributed by atoms with van der Waals surface area (Å²) < 4.78 is 11.2. The molecule has 0 aliphatic rings. The topological polar surface area (TPSA) is 52.6 Å². The van der Waals surface area contributed by atoms with Gasteiger partial charge in [-0.25, -0.2) is 9.59 Å². The van der Waals surface area contributed by atoms with Crippen molar-refractivity contribution in [2.24, 2.45) is 0 Å². The van der Waals surface area contributed by atoms with Gasteiger partial charge in [0.05, 0.1) is 0 Å². The maximum absolute atomic E-state index is 11.9.